The van der Waals surface area contributed by atoms with Gasteiger partial charge >= 0.3 is 12.2 Å². The molecule has 2 saturated heterocycles. The lowest BCUT2D eigenvalue weighted by molar-refractivity contribution is 0.0939. The van der Waals surface area contributed by atoms with Crippen LogP contribution in [0.3, 0.4) is 0 Å². The molecule has 0 unspecified atom stereocenters. The molecule has 18 heteroatoms. The molecule has 302 valence electrons. The zero-order valence-electron chi connectivity index (χ0n) is 31.5. The summed E-state index contributed by atoms with van der Waals surface area (Å²) in [4.78, 5) is 57.7. The smallest absolute Gasteiger partial charge is 0.414 e. The summed E-state index contributed by atoms with van der Waals surface area (Å²) >= 11 is 14.3. The number of thiophene rings is 2. The highest BCUT2D eigenvalue weighted by molar-refractivity contribution is 7.18. The molecule has 2 atom stereocenters. The Balaban J connectivity index is 0.000000193. The fraction of sp³-hybridized carbons (Fsp3) is 0.359. The Morgan fingerprint density at radius 2 is 1.32 bits per heavy atom. The van der Waals surface area contributed by atoms with E-state index >= 15 is 0 Å². The van der Waals surface area contributed by atoms with Gasteiger partial charge in [-0.15, -0.1) is 22.7 Å². The van der Waals surface area contributed by atoms with Crippen LogP contribution in [0.2, 0.25) is 8.67 Å². The maximum Gasteiger partial charge on any atom is 0.414 e. The monoisotopic (exact) mass is 854 g/mol. The number of amides is 2. The van der Waals surface area contributed by atoms with Crippen molar-refractivity contribution < 1.29 is 28.7 Å². The number of likely N-dealkylation sites (N-methyl/N-ethyl adjacent to an activating group) is 1. The third-order valence-electron chi connectivity index (χ3n) is 9.37. The molecule has 0 spiro atoms. The second-order valence-electron chi connectivity index (χ2n) is 13.4. The Labute approximate surface area is 349 Å². The molecular formula is C39H44Cl2N8O6S2. The van der Waals surface area contributed by atoms with Crippen LogP contribution in [-0.4, -0.2) is 88.1 Å². The second kappa shape index (κ2) is 19.6. The highest BCUT2D eigenvalue weighted by Gasteiger charge is 2.34. The van der Waals surface area contributed by atoms with Gasteiger partial charge in [0.2, 0.25) is 0 Å². The number of ether oxygens (including phenoxy) is 2. The van der Waals surface area contributed by atoms with Gasteiger partial charge in [0.05, 0.1) is 56.0 Å². The topological polar surface area (TPSA) is 162 Å². The minimum absolute atomic E-state index is 0.0142. The summed E-state index contributed by atoms with van der Waals surface area (Å²) < 4.78 is 12.1. The summed E-state index contributed by atoms with van der Waals surface area (Å²) in [5.74, 6) is 6.92. The second-order valence-corrected chi connectivity index (χ2v) is 16.9. The molecule has 4 N–H and O–H groups in total. The van der Waals surface area contributed by atoms with Crippen molar-refractivity contribution in [2.45, 2.75) is 44.8 Å². The van der Waals surface area contributed by atoms with Crippen molar-refractivity contribution in [1.29, 1.82) is 0 Å². The maximum absolute atomic E-state index is 12.3. The Morgan fingerprint density at radius 1 is 0.825 bits per heavy atom. The number of rotatable bonds is 15. The molecule has 14 nitrogen and oxygen atoms in total. The van der Waals surface area contributed by atoms with Crippen molar-refractivity contribution >= 4 is 98.2 Å². The van der Waals surface area contributed by atoms with Gasteiger partial charge in [0.1, 0.15) is 18.0 Å². The van der Waals surface area contributed by atoms with E-state index in [4.69, 9.17) is 38.5 Å². The van der Waals surface area contributed by atoms with Crippen molar-refractivity contribution in [1.82, 2.24) is 10.7 Å². The Bertz CT molecular complexity index is 2060. The summed E-state index contributed by atoms with van der Waals surface area (Å²) in [5, 5.41) is 6.72. The molecule has 0 radical (unpaired) electrons. The van der Waals surface area contributed by atoms with Crippen LogP contribution in [0, 0.1) is 0 Å². The fourth-order valence-electron chi connectivity index (χ4n) is 6.32. The molecule has 2 fully saturated rings. The van der Waals surface area contributed by atoms with E-state index in [9.17, 15) is 19.2 Å². The molecule has 2 aromatic carbocycles. The maximum atomic E-state index is 12.3. The molecule has 4 aromatic rings. The first-order valence-electron chi connectivity index (χ1n) is 18.4. The van der Waals surface area contributed by atoms with Crippen molar-refractivity contribution in [3.63, 3.8) is 0 Å². The summed E-state index contributed by atoms with van der Waals surface area (Å²) in [6, 6.07) is 22.0. The number of anilines is 4. The molecule has 2 aromatic heterocycles. The summed E-state index contributed by atoms with van der Waals surface area (Å²) in [6.45, 7) is 5.76. The van der Waals surface area contributed by atoms with Gasteiger partial charge < -0.3 is 19.8 Å². The number of ketones is 2. The van der Waals surface area contributed by atoms with Crippen LogP contribution in [0.4, 0.5) is 32.3 Å². The van der Waals surface area contributed by atoms with Crippen molar-refractivity contribution in [3.05, 3.63) is 91.2 Å². The van der Waals surface area contributed by atoms with Gasteiger partial charge in [-0.1, -0.05) is 23.2 Å². The Hall–Kier alpha value is -4.71. The number of carbonyl (C=O) groups excluding carboxylic acids is 4. The van der Waals surface area contributed by atoms with Gasteiger partial charge in [0.15, 0.2) is 11.6 Å². The van der Waals surface area contributed by atoms with E-state index in [1.54, 1.807) is 39.1 Å². The van der Waals surface area contributed by atoms with Gasteiger partial charge in [0, 0.05) is 37.3 Å². The molecule has 5 heterocycles. The van der Waals surface area contributed by atoms with E-state index in [0.717, 1.165) is 48.2 Å². The third kappa shape index (κ3) is 11.2. The van der Waals surface area contributed by atoms with E-state index in [0.29, 0.717) is 63.7 Å². The molecule has 0 aliphatic carbocycles. The quantitative estimate of drug-likeness (QED) is 0.0620. The fourth-order valence-corrected chi connectivity index (χ4v) is 8.34. The first kappa shape index (κ1) is 41.9. The number of aliphatic imine (C=N–C) groups is 1. The predicted octanol–water partition coefficient (Wildman–Crippen LogP) is 7.42. The first-order chi connectivity index (χ1) is 27.5. The highest BCUT2D eigenvalue weighted by atomic mass is 35.5. The van der Waals surface area contributed by atoms with Gasteiger partial charge in [-0.25, -0.2) is 15.4 Å². The Kier molecular flexibility index (Phi) is 14.4. The highest BCUT2D eigenvalue weighted by Crippen LogP contribution is 2.29. The summed E-state index contributed by atoms with van der Waals surface area (Å²) in [5.41, 5.74) is 6.61. The molecule has 7 rings (SSSR count). The minimum atomic E-state index is -0.399. The van der Waals surface area contributed by atoms with Crippen molar-refractivity contribution in [2.75, 3.05) is 66.1 Å². The molecule has 57 heavy (non-hydrogen) atoms. The largest absolute Gasteiger partial charge is 0.444 e. The summed E-state index contributed by atoms with van der Waals surface area (Å²) in [6.07, 6.45) is 0.216. The number of benzene rings is 2. The van der Waals surface area contributed by atoms with Crippen LogP contribution in [0.25, 0.3) is 0 Å². The molecule has 0 bridgehead atoms. The average Bonchev–Trinajstić information content (AvgIpc) is 4.03. The van der Waals surface area contributed by atoms with Crippen LogP contribution in [0.1, 0.15) is 52.0 Å². The predicted molar refractivity (Wildman–Crippen MR) is 228 cm³/mol. The number of hydrogen-bond donors (Lipinski definition) is 3. The number of carbonyl (C=O) groups is 4. The lowest BCUT2D eigenvalue weighted by Gasteiger charge is -2.29. The number of nitrogens with two attached hydrogens (primary N) is 1. The number of hydrogen-bond acceptors (Lipinski definition) is 14. The van der Waals surface area contributed by atoms with Gasteiger partial charge in [-0.05, 0) is 99.6 Å². The van der Waals surface area contributed by atoms with E-state index in [2.05, 4.69) is 15.7 Å². The van der Waals surface area contributed by atoms with E-state index < -0.39 is 6.09 Å². The minimum Gasteiger partial charge on any atom is -0.444 e. The SMILES string of the molecule is CC1=NCCN(c2ccc(N3C[C@H](CCC(=O)c4ccc(Cl)s4)OC3=O)cc2)N1.CNCCN(N)c1ccc(N2C[C@H](CCC(=O)c3ccc(Cl)s3)OC2=O)cc1. The zero-order valence-corrected chi connectivity index (χ0v) is 34.6. The van der Waals surface area contributed by atoms with Crippen LogP contribution in [0.15, 0.2) is 77.8 Å². The standard InChI is InChI=1S/C20H21ClN4O3S.C19H23ClN4O3S/c1-13-22-10-11-25(23-13)15-4-2-14(3-5-15)24-12-16(28-20(24)27)6-7-17(26)18-8-9-19(21)29-18;1-22-10-11-24(21)14-4-2-13(3-5-14)23-12-15(27-19(23)26)6-7-16(25)17-8-9-18(20)28-17/h2-5,8-9,16H,6-7,10-12H2,1H3,(H,22,23);2-5,8-9,15,22H,6-7,10-12,21H2,1H3/t16-;15-/m00/s1. The van der Waals surface area contributed by atoms with Crippen molar-refractivity contribution in [3.8, 4) is 0 Å². The molecule has 3 aliphatic rings. The van der Waals surface area contributed by atoms with Crippen LogP contribution >= 0.6 is 45.9 Å². The van der Waals surface area contributed by atoms with E-state index in [1.165, 1.54) is 22.7 Å². The van der Waals surface area contributed by atoms with Gasteiger partial charge in [0.25, 0.3) is 0 Å². The van der Waals surface area contributed by atoms with E-state index in [1.807, 2.05) is 67.5 Å². The third-order valence-corrected chi connectivity index (χ3v) is 11.9. The van der Waals surface area contributed by atoms with Gasteiger partial charge in [-0.3, -0.25) is 34.8 Å². The summed E-state index contributed by atoms with van der Waals surface area (Å²) in [7, 11) is 1.87. The average molecular weight is 856 g/mol. The number of halogens is 2. The molecule has 0 saturated carbocycles. The lowest BCUT2D eigenvalue weighted by atomic mass is 10.1. The number of nitrogens with zero attached hydrogens (tertiary/aromatic N) is 5. The van der Waals surface area contributed by atoms with E-state index in [-0.39, 0.29) is 29.9 Å². The first-order valence-corrected chi connectivity index (χ1v) is 20.8. The molecule has 3 aliphatic heterocycles. The molecular weight excluding hydrogens is 812 g/mol. The normalized spacial score (nSPS) is 17.7. The zero-order chi connectivity index (χ0) is 40.5. The van der Waals surface area contributed by atoms with Gasteiger partial charge in [-0.2, -0.15) is 0 Å². The van der Waals surface area contributed by atoms with Crippen LogP contribution in [0.5, 0.6) is 0 Å². The number of nitrogens with one attached hydrogen (secondary N) is 2. The van der Waals surface area contributed by atoms with Crippen molar-refractivity contribution in [2.24, 2.45) is 10.8 Å². The number of amidine groups is 1. The Morgan fingerprint density at radius 3 is 1.77 bits per heavy atom. The lowest BCUT2D eigenvalue weighted by Crippen LogP contribution is -2.46. The number of cyclic esters (lactones) is 2. The van der Waals surface area contributed by atoms with Crippen LogP contribution < -0.4 is 36.4 Å². The molecule has 2 amide bonds. The van der Waals surface area contributed by atoms with Crippen LogP contribution in [-0.2, 0) is 9.47 Å². The number of Topliss-reactive ketones (excluding diaryl/α,β-unsaturated/α-hetero) is 2. The number of hydrazine groups is 2.